The first kappa shape index (κ1) is 17.4. The van der Waals surface area contributed by atoms with Crippen molar-refractivity contribution in [2.45, 2.75) is 32.2 Å². The number of furan rings is 1. The Kier molecular flexibility index (Phi) is 4.72. The minimum Gasteiger partial charge on any atom is -0.469 e. The van der Waals surface area contributed by atoms with Gasteiger partial charge in [0.25, 0.3) is 5.91 Å². The molecule has 1 aromatic heterocycles. The number of rotatable bonds is 3. The molecule has 0 bridgehead atoms. The summed E-state index contributed by atoms with van der Waals surface area (Å²) in [5.74, 6) is 0.610. The minimum absolute atomic E-state index is 0.0178. The summed E-state index contributed by atoms with van der Waals surface area (Å²) in [4.78, 5) is 14.4. The minimum atomic E-state index is -3.29. The fourth-order valence-electron chi connectivity index (χ4n) is 3.78. The van der Waals surface area contributed by atoms with Crippen molar-refractivity contribution in [2.75, 3.05) is 32.6 Å². The van der Waals surface area contributed by atoms with E-state index in [-0.39, 0.29) is 17.4 Å². The van der Waals surface area contributed by atoms with Crippen LogP contribution in [0.4, 0.5) is 0 Å². The summed E-state index contributed by atoms with van der Waals surface area (Å²) >= 11 is 0. The monoisotopic (exact) mass is 356 g/mol. The molecule has 8 heteroatoms. The zero-order valence-corrected chi connectivity index (χ0v) is 14.9. The van der Waals surface area contributed by atoms with Gasteiger partial charge in [0.2, 0.25) is 10.0 Å². The Balaban J connectivity index is 1.70. The molecule has 3 rings (SSSR count). The van der Waals surface area contributed by atoms with E-state index in [1.807, 2.05) is 4.90 Å². The van der Waals surface area contributed by atoms with Gasteiger partial charge < -0.3 is 14.1 Å². The second kappa shape index (κ2) is 6.50. The third kappa shape index (κ3) is 3.50. The first-order valence-electron chi connectivity index (χ1n) is 8.19. The highest BCUT2D eigenvalue weighted by atomic mass is 32.2. The van der Waals surface area contributed by atoms with Crippen molar-refractivity contribution in [3.8, 4) is 0 Å². The van der Waals surface area contributed by atoms with Crippen LogP contribution in [0.3, 0.4) is 0 Å². The standard InChI is InChI=1S/C16H24N2O5S/c1-12-13(3-9-23-12)15(19)18-7-4-16(5-8-18)6-10-22-11-14(16)17-24(2,20)21/h3,9,14,17H,4-8,10-11H2,1-2H3. The number of nitrogens with zero attached hydrogens (tertiary/aromatic N) is 1. The lowest BCUT2D eigenvalue weighted by Crippen LogP contribution is -2.57. The number of amides is 1. The fourth-order valence-corrected chi connectivity index (χ4v) is 4.61. The summed E-state index contributed by atoms with van der Waals surface area (Å²) in [7, 11) is -3.29. The van der Waals surface area contributed by atoms with E-state index >= 15 is 0 Å². The van der Waals surface area contributed by atoms with Gasteiger partial charge in [-0.2, -0.15) is 0 Å². The van der Waals surface area contributed by atoms with Crippen LogP contribution in [-0.2, 0) is 14.8 Å². The summed E-state index contributed by atoms with van der Waals surface area (Å²) in [6, 6.07) is 1.47. The largest absolute Gasteiger partial charge is 0.469 e. The molecule has 1 amide bonds. The molecule has 1 spiro atoms. The highest BCUT2D eigenvalue weighted by Gasteiger charge is 2.45. The van der Waals surface area contributed by atoms with Crippen LogP contribution in [0.2, 0.25) is 0 Å². The Morgan fingerprint density at radius 1 is 1.33 bits per heavy atom. The van der Waals surface area contributed by atoms with Gasteiger partial charge in [0.15, 0.2) is 0 Å². The lowest BCUT2D eigenvalue weighted by molar-refractivity contribution is -0.0400. The third-order valence-corrected chi connectivity index (χ3v) is 5.97. The molecule has 2 aliphatic rings. The van der Waals surface area contributed by atoms with Crippen molar-refractivity contribution < 1.29 is 22.4 Å². The Morgan fingerprint density at radius 3 is 2.62 bits per heavy atom. The zero-order chi connectivity index (χ0) is 17.4. The molecule has 1 unspecified atom stereocenters. The molecule has 0 aliphatic carbocycles. The van der Waals surface area contributed by atoms with Crippen LogP contribution >= 0.6 is 0 Å². The van der Waals surface area contributed by atoms with E-state index in [1.54, 1.807) is 13.0 Å². The third-order valence-electron chi connectivity index (χ3n) is 5.26. The van der Waals surface area contributed by atoms with E-state index in [9.17, 15) is 13.2 Å². The van der Waals surface area contributed by atoms with Gasteiger partial charge in [-0.15, -0.1) is 0 Å². The van der Waals surface area contributed by atoms with E-state index in [2.05, 4.69) is 4.72 Å². The van der Waals surface area contributed by atoms with E-state index < -0.39 is 10.0 Å². The van der Waals surface area contributed by atoms with Crippen LogP contribution in [0.25, 0.3) is 0 Å². The van der Waals surface area contributed by atoms with Gasteiger partial charge in [-0.05, 0) is 37.7 Å². The Labute approximate surface area is 142 Å². The van der Waals surface area contributed by atoms with Crippen LogP contribution in [0.15, 0.2) is 16.7 Å². The van der Waals surface area contributed by atoms with Crippen molar-refractivity contribution in [3.63, 3.8) is 0 Å². The maximum Gasteiger partial charge on any atom is 0.257 e. The molecule has 1 atom stereocenters. The molecule has 0 radical (unpaired) electrons. The van der Waals surface area contributed by atoms with Crippen molar-refractivity contribution >= 4 is 15.9 Å². The number of hydrogen-bond donors (Lipinski definition) is 1. The van der Waals surface area contributed by atoms with Crippen LogP contribution in [0.5, 0.6) is 0 Å². The molecular weight excluding hydrogens is 332 g/mol. The molecular formula is C16H24N2O5S. The normalized spacial score (nSPS) is 24.2. The number of likely N-dealkylation sites (tertiary alicyclic amines) is 1. The van der Waals surface area contributed by atoms with Crippen LogP contribution < -0.4 is 4.72 Å². The van der Waals surface area contributed by atoms with Crippen molar-refractivity contribution in [1.29, 1.82) is 0 Å². The van der Waals surface area contributed by atoms with Gasteiger partial charge >= 0.3 is 0 Å². The first-order chi connectivity index (χ1) is 11.3. The Morgan fingerprint density at radius 2 is 2.04 bits per heavy atom. The molecule has 0 saturated carbocycles. The molecule has 0 aromatic carbocycles. The average molecular weight is 356 g/mol. The smallest absolute Gasteiger partial charge is 0.257 e. The summed E-state index contributed by atoms with van der Waals surface area (Å²) in [6.07, 6.45) is 5.06. The number of piperidine rings is 1. The van der Waals surface area contributed by atoms with Crippen LogP contribution in [0, 0.1) is 12.3 Å². The van der Waals surface area contributed by atoms with Crippen LogP contribution in [0.1, 0.15) is 35.4 Å². The predicted molar refractivity (Wildman–Crippen MR) is 88.2 cm³/mol. The number of carbonyl (C=O) groups is 1. The quantitative estimate of drug-likeness (QED) is 0.878. The van der Waals surface area contributed by atoms with Crippen molar-refractivity contribution in [3.05, 3.63) is 23.7 Å². The molecule has 2 aliphatic heterocycles. The maximum absolute atomic E-state index is 12.6. The molecule has 1 N–H and O–H groups in total. The van der Waals surface area contributed by atoms with Gasteiger partial charge in [-0.3, -0.25) is 4.79 Å². The maximum atomic E-state index is 12.6. The summed E-state index contributed by atoms with van der Waals surface area (Å²) in [5.41, 5.74) is 0.465. The van der Waals surface area contributed by atoms with E-state index in [0.29, 0.717) is 37.6 Å². The Hall–Kier alpha value is -1.38. The number of nitrogens with one attached hydrogen (secondary N) is 1. The summed E-state index contributed by atoms with van der Waals surface area (Å²) in [6.45, 7) is 4.04. The Bertz CT molecular complexity index is 704. The summed E-state index contributed by atoms with van der Waals surface area (Å²) < 4.78 is 36.7. The molecule has 2 saturated heterocycles. The second-order valence-corrected chi connectivity index (χ2v) is 8.59. The molecule has 7 nitrogen and oxygen atoms in total. The number of sulfonamides is 1. The van der Waals surface area contributed by atoms with Crippen molar-refractivity contribution in [2.24, 2.45) is 5.41 Å². The fraction of sp³-hybridized carbons (Fsp3) is 0.688. The van der Waals surface area contributed by atoms with Gasteiger partial charge in [-0.25, -0.2) is 13.1 Å². The number of aryl methyl sites for hydroxylation is 1. The van der Waals surface area contributed by atoms with Crippen molar-refractivity contribution in [1.82, 2.24) is 9.62 Å². The molecule has 1 aromatic rings. The predicted octanol–water partition coefficient (Wildman–Crippen LogP) is 1.15. The van der Waals surface area contributed by atoms with Gasteiger partial charge in [0.05, 0.1) is 30.7 Å². The van der Waals surface area contributed by atoms with E-state index in [1.165, 1.54) is 12.5 Å². The van der Waals surface area contributed by atoms with Gasteiger partial charge in [0.1, 0.15) is 5.76 Å². The average Bonchev–Trinajstić information content (AvgIpc) is 2.95. The molecule has 24 heavy (non-hydrogen) atoms. The first-order valence-corrected chi connectivity index (χ1v) is 10.1. The molecule has 2 fully saturated rings. The van der Waals surface area contributed by atoms with E-state index in [0.717, 1.165) is 19.3 Å². The highest BCUT2D eigenvalue weighted by molar-refractivity contribution is 7.88. The number of hydrogen-bond acceptors (Lipinski definition) is 5. The molecule has 134 valence electrons. The lowest BCUT2D eigenvalue weighted by Gasteiger charge is -2.48. The molecule has 3 heterocycles. The SMILES string of the molecule is Cc1occc1C(=O)N1CCC2(CCOCC2NS(C)(=O)=O)CC1. The van der Waals surface area contributed by atoms with E-state index in [4.69, 9.17) is 9.15 Å². The van der Waals surface area contributed by atoms with Gasteiger partial charge in [-0.1, -0.05) is 0 Å². The highest BCUT2D eigenvalue weighted by Crippen LogP contribution is 2.41. The van der Waals surface area contributed by atoms with Crippen LogP contribution in [-0.4, -0.2) is 57.8 Å². The second-order valence-electron chi connectivity index (χ2n) is 6.81. The lowest BCUT2D eigenvalue weighted by atomic mass is 9.69. The summed E-state index contributed by atoms with van der Waals surface area (Å²) in [5, 5.41) is 0. The zero-order valence-electron chi connectivity index (χ0n) is 14.1. The van der Waals surface area contributed by atoms with Gasteiger partial charge in [0, 0.05) is 19.7 Å². The number of carbonyl (C=O) groups excluding carboxylic acids is 1. The number of ether oxygens (including phenoxy) is 1. The topological polar surface area (TPSA) is 88.8 Å².